The SMILES string of the molecule is CCCCCCCCCCCC(CCCCC(O)CCCCCCC)S(=O)(=O)[O-].[Na+]. The molecule has 0 bridgehead atoms. The second-order valence-corrected chi connectivity index (χ2v) is 10.5. The molecular formula is C24H49NaO4S. The first-order valence-electron chi connectivity index (χ1n) is 12.5. The van der Waals surface area contributed by atoms with Crippen LogP contribution in [0.3, 0.4) is 0 Å². The van der Waals surface area contributed by atoms with Crippen LogP contribution in [0.1, 0.15) is 142 Å². The second kappa shape index (κ2) is 23.0. The Morgan fingerprint density at radius 2 is 0.900 bits per heavy atom. The minimum atomic E-state index is -4.21. The Hall–Kier alpha value is 0.870. The van der Waals surface area contributed by atoms with Crippen LogP contribution in [-0.4, -0.2) is 29.4 Å². The van der Waals surface area contributed by atoms with Crippen LogP contribution in [0.15, 0.2) is 0 Å². The predicted molar refractivity (Wildman–Crippen MR) is 123 cm³/mol. The third-order valence-corrected chi connectivity index (χ3v) is 7.28. The fourth-order valence-corrected chi connectivity index (χ4v) is 4.91. The van der Waals surface area contributed by atoms with Crippen molar-refractivity contribution in [3.8, 4) is 0 Å². The number of rotatable bonds is 22. The largest absolute Gasteiger partial charge is 1.00 e. The first-order chi connectivity index (χ1) is 13.9. The molecule has 176 valence electrons. The van der Waals surface area contributed by atoms with Gasteiger partial charge in [0, 0.05) is 5.25 Å². The van der Waals surface area contributed by atoms with E-state index in [9.17, 15) is 18.1 Å². The Morgan fingerprint density at radius 1 is 0.600 bits per heavy atom. The summed E-state index contributed by atoms with van der Waals surface area (Å²) in [7, 11) is -4.21. The molecule has 0 radical (unpaired) electrons. The standard InChI is InChI=1S/C24H50O4S.Na/c1-3-5-7-9-10-11-12-14-16-21-24(29(26,27)28)22-18-17-20-23(25)19-15-13-8-6-4-2;/h23-25H,3-22H2,1-2H3,(H,26,27,28);/q;+1/p-1. The smallest absolute Gasteiger partial charge is 0.748 e. The van der Waals surface area contributed by atoms with Crippen molar-refractivity contribution < 1.29 is 47.6 Å². The van der Waals surface area contributed by atoms with Gasteiger partial charge in [0.15, 0.2) is 0 Å². The van der Waals surface area contributed by atoms with Gasteiger partial charge in [0.1, 0.15) is 0 Å². The molecule has 4 nitrogen and oxygen atoms in total. The van der Waals surface area contributed by atoms with Gasteiger partial charge >= 0.3 is 29.6 Å². The fraction of sp³-hybridized carbons (Fsp3) is 1.00. The second-order valence-electron chi connectivity index (χ2n) is 8.87. The Labute approximate surface area is 210 Å². The minimum absolute atomic E-state index is 0. The number of hydrogen-bond donors (Lipinski definition) is 1. The van der Waals surface area contributed by atoms with Gasteiger partial charge in [-0.25, -0.2) is 8.42 Å². The van der Waals surface area contributed by atoms with Crippen LogP contribution < -0.4 is 29.6 Å². The molecule has 0 fully saturated rings. The molecule has 0 aromatic rings. The van der Waals surface area contributed by atoms with Crippen LogP contribution in [0.4, 0.5) is 0 Å². The summed E-state index contributed by atoms with van der Waals surface area (Å²) in [5.41, 5.74) is 0. The van der Waals surface area contributed by atoms with Crippen LogP contribution in [-0.2, 0) is 10.1 Å². The Kier molecular flexibility index (Phi) is 25.4. The van der Waals surface area contributed by atoms with Gasteiger partial charge in [-0.2, -0.15) is 0 Å². The van der Waals surface area contributed by atoms with E-state index in [4.69, 9.17) is 0 Å². The molecular weight excluding hydrogens is 407 g/mol. The molecule has 0 saturated heterocycles. The van der Waals surface area contributed by atoms with Crippen LogP contribution in [0.25, 0.3) is 0 Å². The van der Waals surface area contributed by atoms with Gasteiger partial charge in [0.05, 0.1) is 16.2 Å². The molecule has 2 atom stereocenters. The summed E-state index contributed by atoms with van der Waals surface area (Å²) in [5.74, 6) is 0. The number of unbranched alkanes of at least 4 members (excludes halogenated alkanes) is 13. The number of hydrogen-bond acceptors (Lipinski definition) is 4. The Morgan fingerprint density at radius 3 is 1.30 bits per heavy atom. The van der Waals surface area contributed by atoms with Gasteiger partial charge in [0.25, 0.3) is 0 Å². The van der Waals surface area contributed by atoms with Crippen molar-refractivity contribution in [2.45, 2.75) is 154 Å². The van der Waals surface area contributed by atoms with E-state index in [0.29, 0.717) is 12.8 Å². The summed E-state index contributed by atoms with van der Waals surface area (Å²) in [6, 6.07) is 0. The fourth-order valence-electron chi connectivity index (χ4n) is 4.00. The van der Waals surface area contributed by atoms with Crippen molar-refractivity contribution >= 4 is 10.1 Å². The van der Waals surface area contributed by atoms with E-state index < -0.39 is 15.4 Å². The summed E-state index contributed by atoms with van der Waals surface area (Å²) >= 11 is 0. The van der Waals surface area contributed by atoms with E-state index in [1.54, 1.807) is 0 Å². The van der Waals surface area contributed by atoms with E-state index in [-0.39, 0.29) is 35.7 Å². The summed E-state index contributed by atoms with van der Waals surface area (Å²) in [4.78, 5) is 0. The van der Waals surface area contributed by atoms with Crippen molar-refractivity contribution in [1.29, 1.82) is 0 Å². The van der Waals surface area contributed by atoms with Gasteiger partial charge in [-0.3, -0.25) is 0 Å². The average Bonchev–Trinajstić information content (AvgIpc) is 2.67. The molecule has 0 aromatic carbocycles. The first kappa shape index (κ1) is 33.0. The average molecular weight is 457 g/mol. The van der Waals surface area contributed by atoms with E-state index in [2.05, 4.69) is 13.8 Å². The van der Waals surface area contributed by atoms with Gasteiger partial charge in [0.2, 0.25) is 0 Å². The summed E-state index contributed by atoms with van der Waals surface area (Å²) in [5, 5.41) is 9.30. The maximum Gasteiger partial charge on any atom is 1.00 e. The predicted octanol–water partition coefficient (Wildman–Crippen LogP) is 4.11. The maximum atomic E-state index is 11.5. The molecule has 0 saturated carbocycles. The normalized spacial score (nSPS) is 13.7. The molecule has 2 unspecified atom stereocenters. The molecule has 0 aliphatic carbocycles. The molecule has 0 spiro atoms. The van der Waals surface area contributed by atoms with Gasteiger partial charge in [-0.05, 0) is 25.7 Å². The summed E-state index contributed by atoms with van der Waals surface area (Å²) < 4.78 is 34.6. The zero-order valence-electron chi connectivity index (χ0n) is 20.4. The van der Waals surface area contributed by atoms with Crippen LogP contribution in [0.2, 0.25) is 0 Å². The third kappa shape index (κ3) is 22.1. The molecule has 0 aromatic heterocycles. The van der Waals surface area contributed by atoms with Crippen molar-refractivity contribution in [1.82, 2.24) is 0 Å². The van der Waals surface area contributed by atoms with Crippen molar-refractivity contribution in [2.24, 2.45) is 0 Å². The van der Waals surface area contributed by atoms with Crippen LogP contribution >= 0.6 is 0 Å². The maximum absolute atomic E-state index is 11.5. The third-order valence-electron chi connectivity index (χ3n) is 5.99. The van der Waals surface area contributed by atoms with E-state index in [1.165, 1.54) is 64.2 Å². The van der Waals surface area contributed by atoms with Gasteiger partial charge in [-0.1, -0.05) is 117 Å². The van der Waals surface area contributed by atoms with Gasteiger partial charge < -0.3 is 9.66 Å². The summed E-state index contributed by atoms with van der Waals surface area (Å²) in [6.45, 7) is 4.41. The van der Waals surface area contributed by atoms with E-state index >= 15 is 0 Å². The van der Waals surface area contributed by atoms with Crippen LogP contribution in [0, 0.1) is 0 Å². The molecule has 0 aliphatic heterocycles. The molecule has 0 rings (SSSR count). The van der Waals surface area contributed by atoms with E-state index in [0.717, 1.165) is 51.4 Å². The van der Waals surface area contributed by atoms with Crippen molar-refractivity contribution in [3.63, 3.8) is 0 Å². The Balaban J connectivity index is 0. The molecule has 0 amide bonds. The van der Waals surface area contributed by atoms with Crippen molar-refractivity contribution in [3.05, 3.63) is 0 Å². The monoisotopic (exact) mass is 456 g/mol. The quantitative estimate of drug-likeness (QED) is 0.151. The Bertz CT molecular complexity index is 442. The zero-order valence-corrected chi connectivity index (χ0v) is 23.2. The van der Waals surface area contributed by atoms with E-state index in [1.807, 2.05) is 0 Å². The zero-order chi connectivity index (χ0) is 21.8. The molecule has 0 aliphatic rings. The summed E-state index contributed by atoms with van der Waals surface area (Å²) in [6.07, 6.45) is 20.4. The first-order valence-corrected chi connectivity index (χ1v) is 14.0. The molecule has 30 heavy (non-hydrogen) atoms. The van der Waals surface area contributed by atoms with Crippen LogP contribution in [0.5, 0.6) is 0 Å². The molecule has 6 heteroatoms. The minimum Gasteiger partial charge on any atom is -0.748 e. The topological polar surface area (TPSA) is 77.4 Å². The number of aliphatic hydroxyl groups excluding tert-OH is 1. The number of aliphatic hydroxyl groups is 1. The molecule has 1 N–H and O–H groups in total. The molecule has 0 heterocycles. The van der Waals surface area contributed by atoms with Gasteiger partial charge in [-0.15, -0.1) is 0 Å². The van der Waals surface area contributed by atoms with Crippen molar-refractivity contribution in [2.75, 3.05) is 0 Å².